The zero-order valence-corrected chi connectivity index (χ0v) is 11.1. The van der Waals surface area contributed by atoms with Crippen molar-refractivity contribution in [3.8, 4) is 12.3 Å². The monoisotopic (exact) mass is 252 g/mol. The minimum Gasteiger partial charge on any atom is -0.329 e. The number of rotatable bonds is 0. The van der Waals surface area contributed by atoms with Gasteiger partial charge in [0.2, 0.25) is 0 Å². The first kappa shape index (κ1) is 13.5. The van der Waals surface area contributed by atoms with Crippen molar-refractivity contribution in [3.05, 3.63) is 28.3 Å². The number of hydrogen-bond acceptors (Lipinski definition) is 1. The van der Waals surface area contributed by atoms with E-state index in [1.165, 1.54) is 0 Å². The standard InChI is InChI=1S/C11H8ClFN2.C2H6/c1-4-7-5-8-11(10(13)9(7)12)15(3)6(2)14-8;1-2/h1,5H,2-3H3;1-2H3. The van der Waals surface area contributed by atoms with Crippen LogP contribution >= 0.6 is 11.6 Å². The maximum absolute atomic E-state index is 13.8. The largest absolute Gasteiger partial charge is 0.329 e. The Balaban J connectivity index is 0.000000686. The Bertz CT molecular complexity index is 594. The summed E-state index contributed by atoms with van der Waals surface area (Å²) in [5.41, 5.74) is 1.25. The van der Waals surface area contributed by atoms with E-state index in [0.717, 1.165) is 0 Å². The van der Waals surface area contributed by atoms with Crippen molar-refractivity contribution in [2.75, 3.05) is 0 Å². The van der Waals surface area contributed by atoms with Gasteiger partial charge in [-0.15, -0.1) is 6.42 Å². The SMILES string of the molecule is C#Cc1cc2nc(C)n(C)c2c(F)c1Cl.CC. The van der Waals surface area contributed by atoms with Gasteiger partial charge in [-0.25, -0.2) is 9.37 Å². The fourth-order valence-corrected chi connectivity index (χ4v) is 1.72. The Kier molecular flexibility index (Phi) is 4.14. The van der Waals surface area contributed by atoms with Gasteiger partial charge in [-0.3, -0.25) is 0 Å². The van der Waals surface area contributed by atoms with E-state index < -0.39 is 5.82 Å². The third kappa shape index (κ3) is 2.13. The molecule has 90 valence electrons. The first-order chi connectivity index (χ1) is 8.06. The second-order valence-electron chi connectivity index (χ2n) is 3.28. The van der Waals surface area contributed by atoms with Gasteiger partial charge < -0.3 is 4.57 Å². The van der Waals surface area contributed by atoms with Crippen LogP contribution in [0.25, 0.3) is 11.0 Å². The second kappa shape index (κ2) is 5.20. The molecule has 0 unspecified atom stereocenters. The fourth-order valence-electron chi connectivity index (χ4n) is 1.52. The topological polar surface area (TPSA) is 17.8 Å². The number of halogens is 2. The third-order valence-electron chi connectivity index (χ3n) is 2.42. The highest BCUT2D eigenvalue weighted by molar-refractivity contribution is 6.32. The zero-order valence-electron chi connectivity index (χ0n) is 10.3. The van der Waals surface area contributed by atoms with Crippen molar-refractivity contribution < 1.29 is 4.39 Å². The van der Waals surface area contributed by atoms with E-state index in [4.69, 9.17) is 18.0 Å². The van der Waals surface area contributed by atoms with Crippen molar-refractivity contribution in [1.29, 1.82) is 0 Å². The highest BCUT2D eigenvalue weighted by atomic mass is 35.5. The van der Waals surface area contributed by atoms with Gasteiger partial charge in [0, 0.05) is 12.6 Å². The molecular weight excluding hydrogens is 239 g/mol. The van der Waals surface area contributed by atoms with E-state index in [9.17, 15) is 4.39 Å². The van der Waals surface area contributed by atoms with Gasteiger partial charge in [0.25, 0.3) is 0 Å². The van der Waals surface area contributed by atoms with Gasteiger partial charge in [0.1, 0.15) is 11.3 Å². The van der Waals surface area contributed by atoms with Crippen LogP contribution in [0.4, 0.5) is 4.39 Å². The smallest absolute Gasteiger partial charge is 0.168 e. The molecule has 1 heterocycles. The van der Waals surface area contributed by atoms with E-state index >= 15 is 0 Å². The highest BCUT2D eigenvalue weighted by Gasteiger charge is 2.15. The van der Waals surface area contributed by atoms with E-state index in [1.807, 2.05) is 13.8 Å². The molecule has 0 aliphatic carbocycles. The molecular formula is C13H14ClFN2. The maximum atomic E-state index is 13.8. The van der Waals surface area contributed by atoms with Crippen LogP contribution < -0.4 is 0 Å². The molecule has 0 radical (unpaired) electrons. The summed E-state index contributed by atoms with van der Waals surface area (Å²) < 4.78 is 15.5. The zero-order chi connectivity index (χ0) is 13.2. The van der Waals surface area contributed by atoms with Crippen LogP contribution in [0.5, 0.6) is 0 Å². The first-order valence-electron chi connectivity index (χ1n) is 5.34. The molecule has 0 saturated heterocycles. The molecule has 0 aliphatic heterocycles. The molecule has 0 spiro atoms. The van der Waals surface area contributed by atoms with Crippen molar-refractivity contribution >= 4 is 22.6 Å². The number of imidazole rings is 1. The number of terminal acetylenes is 1. The number of hydrogen-bond donors (Lipinski definition) is 0. The van der Waals surface area contributed by atoms with E-state index in [-0.39, 0.29) is 5.02 Å². The quantitative estimate of drug-likeness (QED) is 0.654. The summed E-state index contributed by atoms with van der Waals surface area (Å²) in [6.07, 6.45) is 5.22. The van der Waals surface area contributed by atoms with Crippen LogP contribution in [0.2, 0.25) is 5.02 Å². The minimum atomic E-state index is -0.509. The average Bonchev–Trinajstić information content (AvgIpc) is 2.62. The van der Waals surface area contributed by atoms with Crippen LogP contribution in [-0.4, -0.2) is 9.55 Å². The van der Waals surface area contributed by atoms with Gasteiger partial charge in [-0.05, 0) is 13.0 Å². The molecule has 0 atom stereocenters. The van der Waals surface area contributed by atoms with Gasteiger partial charge in [-0.2, -0.15) is 0 Å². The predicted molar refractivity (Wildman–Crippen MR) is 69.7 cm³/mol. The molecule has 2 aromatic rings. The van der Waals surface area contributed by atoms with Gasteiger partial charge >= 0.3 is 0 Å². The minimum absolute atomic E-state index is 0.0204. The van der Waals surface area contributed by atoms with Crippen molar-refractivity contribution in [3.63, 3.8) is 0 Å². The Hall–Kier alpha value is -1.53. The number of aromatic nitrogens is 2. The molecule has 2 rings (SSSR count). The molecule has 1 aromatic carbocycles. The molecule has 0 bridgehead atoms. The van der Waals surface area contributed by atoms with E-state index in [0.29, 0.717) is 22.4 Å². The first-order valence-corrected chi connectivity index (χ1v) is 5.71. The Morgan fingerprint density at radius 1 is 1.47 bits per heavy atom. The molecule has 0 fully saturated rings. The van der Waals surface area contributed by atoms with E-state index in [2.05, 4.69) is 10.9 Å². The highest BCUT2D eigenvalue weighted by Crippen LogP contribution is 2.28. The third-order valence-corrected chi connectivity index (χ3v) is 2.79. The second-order valence-corrected chi connectivity index (χ2v) is 3.66. The lowest BCUT2D eigenvalue weighted by molar-refractivity contribution is 0.631. The Morgan fingerprint density at radius 3 is 2.59 bits per heavy atom. The number of fused-ring (bicyclic) bond motifs is 1. The summed E-state index contributed by atoms with van der Waals surface area (Å²) in [5.74, 6) is 2.54. The van der Waals surface area contributed by atoms with Crippen molar-refractivity contribution in [1.82, 2.24) is 9.55 Å². The molecule has 2 nitrogen and oxygen atoms in total. The normalized spacial score (nSPS) is 9.71. The summed E-state index contributed by atoms with van der Waals surface area (Å²) in [4.78, 5) is 4.19. The Labute approximate surface area is 105 Å². The molecule has 0 saturated carbocycles. The lowest BCUT2D eigenvalue weighted by atomic mass is 10.2. The van der Waals surface area contributed by atoms with Crippen LogP contribution in [-0.2, 0) is 7.05 Å². The maximum Gasteiger partial charge on any atom is 0.168 e. The Morgan fingerprint density at radius 2 is 2.06 bits per heavy atom. The number of nitrogens with zero attached hydrogens (tertiary/aromatic N) is 2. The molecule has 1 aromatic heterocycles. The summed E-state index contributed by atoms with van der Waals surface area (Å²) in [5, 5.41) is -0.0204. The predicted octanol–water partition coefficient (Wildman–Crippen LogP) is 3.68. The summed E-state index contributed by atoms with van der Waals surface area (Å²) in [7, 11) is 1.74. The molecule has 17 heavy (non-hydrogen) atoms. The van der Waals surface area contributed by atoms with Gasteiger partial charge in [-0.1, -0.05) is 31.4 Å². The van der Waals surface area contributed by atoms with Crippen LogP contribution in [0, 0.1) is 25.1 Å². The summed E-state index contributed by atoms with van der Waals surface area (Å²) in [6, 6.07) is 1.62. The number of aryl methyl sites for hydroxylation is 2. The van der Waals surface area contributed by atoms with Crippen LogP contribution in [0.15, 0.2) is 6.07 Å². The molecule has 0 aliphatic rings. The van der Waals surface area contributed by atoms with Crippen molar-refractivity contribution in [2.24, 2.45) is 7.05 Å². The summed E-state index contributed by atoms with van der Waals surface area (Å²) >= 11 is 5.79. The van der Waals surface area contributed by atoms with E-state index in [1.54, 1.807) is 24.6 Å². The average molecular weight is 253 g/mol. The van der Waals surface area contributed by atoms with Crippen LogP contribution in [0.3, 0.4) is 0 Å². The molecule has 4 heteroatoms. The van der Waals surface area contributed by atoms with Crippen molar-refractivity contribution in [2.45, 2.75) is 20.8 Å². The van der Waals surface area contributed by atoms with Crippen LogP contribution in [0.1, 0.15) is 25.2 Å². The lowest BCUT2D eigenvalue weighted by Crippen LogP contribution is -1.94. The molecule has 0 N–H and O–H groups in total. The molecule has 0 amide bonds. The number of benzene rings is 1. The van der Waals surface area contributed by atoms with Gasteiger partial charge in [0.15, 0.2) is 5.82 Å². The van der Waals surface area contributed by atoms with Gasteiger partial charge in [0.05, 0.1) is 10.5 Å². The summed E-state index contributed by atoms with van der Waals surface area (Å²) in [6.45, 7) is 5.79. The fraction of sp³-hybridized carbons (Fsp3) is 0.308. The lowest BCUT2D eigenvalue weighted by Gasteiger charge is -2.02.